The van der Waals surface area contributed by atoms with Gasteiger partial charge in [0.2, 0.25) is 5.91 Å². The molecule has 0 bridgehead atoms. The smallest absolute Gasteiger partial charge is 0.487 e. The molecule has 1 unspecified atom stereocenters. The van der Waals surface area contributed by atoms with E-state index in [0.717, 1.165) is 23.2 Å². The summed E-state index contributed by atoms with van der Waals surface area (Å²) >= 11 is 0. The van der Waals surface area contributed by atoms with Gasteiger partial charge in [-0.15, -0.1) is 0 Å². The van der Waals surface area contributed by atoms with Crippen molar-refractivity contribution in [3.05, 3.63) is 83.3 Å². The van der Waals surface area contributed by atoms with Gasteiger partial charge in [-0.25, -0.2) is 45.8 Å². The third-order valence-electron chi connectivity index (χ3n) is 9.88. The molecule has 4 aromatic rings. The van der Waals surface area contributed by atoms with Crippen molar-refractivity contribution in [2.24, 2.45) is 0 Å². The van der Waals surface area contributed by atoms with E-state index >= 15 is 4.39 Å². The quantitative estimate of drug-likeness (QED) is 0.0480. The number of amides is 4. The van der Waals surface area contributed by atoms with E-state index in [1.165, 1.54) is 43.4 Å². The van der Waals surface area contributed by atoms with Gasteiger partial charge >= 0.3 is 29.8 Å². The first kappa shape index (κ1) is 57.9. The Kier molecular flexibility index (Phi) is 18.4. The van der Waals surface area contributed by atoms with Crippen LogP contribution in [-0.4, -0.2) is 105 Å². The number of ether oxygens (including phenoxy) is 4. The number of anilines is 3. The summed E-state index contributed by atoms with van der Waals surface area (Å²) in [5.74, 6) is -3.75. The van der Waals surface area contributed by atoms with Crippen LogP contribution < -0.4 is 20.3 Å². The number of carbonyl (C=O) groups is 5. The second kappa shape index (κ2) is 22.8. The predicted octanol–water partition coefficient (Wildman–Crippen LogP) is 10.7. The molecule has 0 radical (unpaired) electrons. The Morgan fingerprint density at radius 3 is 1.99 bits per heavy atom. The van der Waals surface area contributed by atoms with Gasteiger partial charge in [0.1, 0.15) is 29.4 Å². The molecule has 1 atom stereocenters. The molecule has 394 valence electrons. The number of carbonyl (C=O) groups excluding carboxylic acids is 4. The summed E-state index contributed by atoms with van der Waals surface area (Å²) in [6.07, 6.45) is -6.28. The molecule has 3 aromatic carbocycles. The van der Waals surface area contributed by atoms with Crippen molar-refractivity contribution >= 4 is 76.0 Å². The van der Waals surface area contributed by atoms with Gasteiger partial charge in [-0.05, 0) is 119 Å². The van der Waals surface area contributed by atoms with Crippen molar-refractivity contribution in [3.8, 4) is 5.75 Å². The van der Waals surface area contributed by atoms with Crippen molar-refractivity contribution in [1.29, 1.82) is 0 Å². The zero-order chi connectivity index (χ0) is 54.3. The number of nitrogens with one attached hydrogen (secondary N) is 2. The number of halogens is 6. The SMILES string of the molecule is CN(Cc1cc(NC(=O)CCc2cc(C(Nc3ccc4c(N(C(=O)OC(C)(C)C)C(=O)OC(C)(C)C)ncc(F)c4c3)C(=O)O)ccc2OCC(F)F)ccc1S(=O)(=O)C(F)(F)F)C(=O)OCC[Si](C)(C)C. The molecule has 0 saturated carbocycles. The molecule has 0 spiro atoms. The van der Waals surface area contributed by atoms with Crippen LogP contribution in [-0.2, 0) is 46.6 Å². The Bertz CT molecular complexity index is 2750. The van der Waals surface area contributed by atoms with E-state index in [2.05, 4.69) is 15.6 Å². The zero-order valence-electron chi connectivity index (χ0n) is 41.1. The van der Waals surface area contributed by atoms with Gasteiger partial charge in [0, 0.05) is 43.7 Å². The van der Waals surface area contributed by atoms with Gasteiger partial charge < -0.3 is 39.6 Å². The van der Waals surface area contributed by atoms with Crippen LogP contribution in [0.2, 0.25) is 25.7 Å². The van der Waals surface area contributed by atoms with Crippen LogP contribution in [0.3, 0.4) is 0 Å². The highest BCUT2D eigenvalue weighted by Gasteiger charge is 2.48. The van der Waals surface area contributed by atoms with E-state index < -0.39 is 113 Å². The molecular weight excluding hydrogens is 1000 g/mol. The van der Waals surface area contributed by atoms with Crippen LogP contribution in [0.5, 0.6) is 5.75 Å². The van der Waals surface area contributed by atoms with Gasteiger partial charge in [-0.2, -0.15) is 18.1 Å². The normalized spacial score (nSPS) is 12.7. The van der Waals surface area contributed by atoms with Crippen molar-refractivity contribution in [2.75, 3.05) is 35.8 Å². The third-order valence-corrected chi connectivity index (χ3v) is 13.2. The van der Waals surface area contributed by atoms with Gasteiger partial charge in [-0.1, -0.05) is 25.7 Å². The zero-order valence-corrected chi connectivity index (χ0v) is 42.9. The first-order valence-electron chi connectivity index (χ1n) is 22.1. The fraction of sp³-hybridized carbons (Fsp3) is 0.447. The molecule has 4 amide bonds. The van der Waals surface area contributed by atoms with E-state index in [4.69, 9.17) is 18.9 Å². The minimum absolute atomic E-state index is 0.00420. The first-order chi connectivity index (χ1) is 33.1. The van der Waals surface area contributed by atoms with E-state index in [1.807, 2.05) is 19.6 Å². The molecule has 0 aliphatic heterocycles. The molecule has 1 heterocycles. The minimum atomic E-state index is -5.94. The molecule has 0 fully saturated rings. The number of aryl methyl sites for hydroxylation is 1. The molecule has 72 heavy (non-hydrogen) atoms. The summed E-state index contributed by atoms with van der Waals surface area (Å²) in [7, 11) is -6.40. The van der Waals surface area contributed by atoms with Crippen LogP contribution in [0.15, 0.2) is 65.7 Å². The van der Waals surface area contributed by atoms with E-state index in [0.29, 0.717) is 17.0 Å². The number of sulfone groups is 1. The first-order valence-corrected chi connectivity index (χ1v) is 27.3. The Morgan fingerprint density at radius 2 is 1.43 bits per heavy atom. The van der Waals surface area contributed by atoms with Crippen LogP contribution >= 0.6 is 0 Å². The van der Waals surface area contributed by atoms with E-state index in [9.17, 15) is 59.4 Å². The Labute approximate surface area is 413 Å². The number of rotatable bonds is 18. The average Bonchev–Trinajstić information content (AvgIpc) is 3.23. The summed E-state index contributed by atoms with van der Waals surface area (Å²) in [5.41, 5.74) is -8.52. The Hall–Kier alpha value is -6.63. The third kappa shape index (κ3) is 16.2. The summed E-state index contributed by atoms with van der Waals surface area (Å²) in [4.78, 5) is 69.9. The van der Waals surface area contributed by atoms with Gasteiger partial charge in [0.25, 0.3) is 16.3 Å². The number of hydrogen-bond acceptors (Lipinski definition) is 13. The summed E-state index contributed by atoms with van der Waals surface area (Å²) in [5, 5.41) is 15.3. The Morgan fingerprint density at radius 1 is 0.819 bits per heavy atom. The molecule has 3 N–H and O–H groups in total. The Balaban J connectivity index is 1.65. The standard InChI is InChI=1S/C47H57F6N5O12SSi/c1-45(2,3)69-43(63)58(44(64)70-46(4,5)6)40-32-15-13-31(23-33(32)34(48)24-54-40)56-39(41(60)61)28-11-16-35(68-26-37(49)50)27(21-28)12-18-38(59)55-30-14-17-36(71(65,66)47(51,52)53)29(22-30)25-57(7)42(62)67-19-20-72(8,9)10/h11,13-17,21-24,37,39,56H,12,18-20,25-26H2,1-10H3,(H,55,59)(H,60,61). The number of carboxylic acids is 1. The highest BCUT2D eigenvalue weighted by atomic mass is 32.2. The van der Waals surface area contributed by atoms with Crippen LogP contribution in [0.25, 0.3) is 10.8 Å². The second-order valence-electron chi connectivity index (χ2n) is 19.6. The molecule has 0 saturated heterocycles. The number of alkyl halides is 5. The lowest BCUT2D eigenvalue weighted by molar-refractivity contribution is -0.138. The number of nitrogens with zero attached hydrogens (tertiary/aromatic N) is 3. The number of aliphatic carboxylic acids is 1. The van der Waals surface area contributed by atoms with Crippen LogP contribution in [0.1, 0.15) is 70.7 Å². The number of imide groups is 1. The van der Waals surface area contributed by atoms with Crippen molar-refractivity contribution in [2.45, 2.75) is 121 Å². The number of aromatic nitrogens is 1. The van der Waals surface area contributed by atoms with Gasteiger partial charge in [0.05, 0.1) is 24.2 Å². The fourth-order valence-corrected chi connectivity index (χ4v) is 8.24. The van der Waals surface area contributed by atoms with Gasteiger partial charge in [-0.3, -0.25) is 4.79 Å². The summed E-state index contributed by atoms with van der Waals surface area (Å²) in [6, 6.07) is 8.89. The molecular formula is C47H57F6N5O12SSi. The lowest BCUT2D eigenvalue weighted by atomic mass is 9.99. The highest BCUT2D eigenvalue weighted by molar-refractivity contribution is 7.92. The number of benzene rings is 3. The highest BCUT2D eigenvalue weighted by Crippen LogP contribution is 2.36. The maximum absolute atomic E-state index is 15.5. The number of hydrogen-bond donors (Lipinski definition) is 3. The van der Waals surface area contributed by atoms with Crippen molar-refractivity contribution in [3.63, 3.8) is 0 Å². The molecule has 17 nitrogen and oxygen atoms in total. The van der Waals surface area contributed by atoms with Crippen LogP contribution in [0, 0.1) is 5.82 Å². The maximum Gasteiger partial charge on any atom is 0.501 e. The van der Waals surface area contributed by atoms with Crippen LogP contribution in [0.4, 0.5) is 57.9 Å². The predicted molar refractivity (Wildman–Crippen MR) is 256 cm³/mol. The average molecular weight is 1060 g/mol. The summed E-state index contributed by atoms with van der Waals surface area (Å²) < 4.78 is 130. The molecule has 0 aliphatic carbocycles. The summed E-state index contributed by atoms with van der Waals surface area (Å²) in [6.45, 7) is 13.7. The van der Waals surface area contributed by atoms with Crippen molar-refractivity contribution < 1.29 is 82.8 Å². The lowest BCUT2D eigenvalue weighted by Crippen LogP contribution is -2.44. The van der Waals surface area contributed by atoms with E-state index in [1.54, 1.807) is 41.5 Å². The molecule has 25 heteroatoms. The second-order valence-corrected chi connectivity index (χ2v) is 27.1. The number of fused-ring (bicyclic) bond motifs is 1. The number of pyridine rings is 1. The topological polar surface area (TPSA) is 220 Å². The maximum atomic E-state index is 15.5. The van der Waals surface area contributed by atoms with E-state index in [-0.39, 0.29) is 57.9 Å². The largest absolute Gasteiger partial charge is 0.501 e. The molecule has 4 rings (SSSR count). The number of carboxylic acid groups (broad SMARTS) is 1. The monoisotopic (exact) mass is 1060 g/mol. The van der Waals surface area contributed by atoms with Gasteiger partial charge in [0.15, 0.2) is 11.9 Å². The molecule has 0 aliphatic rings. The van der Waals surface area contributed by atoms with Crippen molar-refractivity contribution in [1.82, 2.24) is 9.88 Å². The fourth-order valence-electron chi connectivity index (χ4n) is 6.56. The molecule has 1 aromatic heterocycles. The lowest BCUT2D eigenvalue weighted by Gasteiger charge is -2.28. The minimum Gasteiger partial charge on any atom is -0.487 e.